The van der Waals surface area contributed by atoms with Crippen LogP contribution in [0.3, 0.4) is 0 Å². The third-order valence-electron chi connectivity index (χ3n) is 2.84. The Kier molecular flexibility index (Phi) is 1.72. The molecule has 1 aliphatic rings. The maximum Gasteiger partial charge on any atom is 0.105 e. The number of aliphatic hydroxyl groups is 1. The van der Waals surface area contributed by atoms with Crippen molar-refractivity contribution in [1.29, 1.82) is 0 Å². The van der Waals surface area contributed by atoms with Gasteiger partial charge in [0.25, 0.3) is 0 Å². The van der Waals surface area contributed by atoms with Crippen molar-refractivity contribution in [3.63, 3.8) is 0 Å². The van der Waals surface area contributed by atoms with Crippen molar-refractivity contribution in [2.45, 2.75) is 31.8 Å². The summed E-state index contributed by atoms with van der Waals surface area (Å²) in [6.07, 6.45) is 4.80. The minimum absolute atomic E-state index is 0.567. The van der Waals surface area contributed by atoms with Crippen molar-refractivity contribution >= 4 is 0 Å². The van der Waals surface area contributed by atoms with Crippen molar-refractivity contribution in [2.75, 3.05) is 0 Å². The molecule has 66 valence electrons. The number of aromatic amines is 1. The fourth-order valence-electron chi connectivity index (χ4n) is 2.13. The van der Waals surface area contributed by atoms with Crippen LogP contribution in [0.25, 0.3) is 0 Å². The third kappa shape index (κ3) is 1.16. The van der Waals surface area contributed by atoms with Crippen LogP contribution in [0.5, 0.6) is 0 Å². The Labute approximate surface area is 72.6 Å². The Morgan fingerprint density at radius 3 is 3.00 bits per heavy atom. The molecule has 0 aromatic carbocycles. The van der Waals surface area contributed by atoms with E-state index in [0.29, 0.717) is 5.92 Å². The molecule has 2 rings (SSSR count). The first-order valence-electron chi connectivity index (χ1n) is 4.57. The number of hydrogen-bond acceptors (Lipinski definition) is 1. The minimum atomic E-state index is -0.567. The van der Waals surface area contributed by atoms with E-state index in [9.17, 15) is 5.11 Å². The van der Waals surface area contributed by atoms with Crippen LogP contribution in [0, 0.1) is 5.92 Å². The lowest BCUT2D eigenvalue weighted by molar-refractivity contribution is 0.0368. The highest BCUT2D eigenvalue weighted by Gasteiger charge is 2.37. The Hall–Kier alpha value is -0.760. The highest BCUT2D eigenvalue weighted by molar-refractivity contribution is 5.15. The number of rotatable bonds is 1. The Morgan fingerprint density at radius 2 is 2.50 bits per heavy atom. The summed E-state index contributed by atoms with van der Waals surface area (Å²) in [6.45, 7) is 2.20. The van der Waals surface area contributed by atoms with Gasteiger partial charge in [-0.1, -0.05) is 6.92 Å². The first kappa shape index (κ1) is 7.87. The lowest BCUT2D eigenvalue weighted by atomic mass is 9.97. The first-order valence-corrected chi connectivity index (χ1v) is 4.57. The van der Waals surface area contributed by atoms with E-state index in [-0.39, 0.29) is 0 Å². The molecule has 12 heavy (non-hydrogen) atoms. The number of aromatic nitrogens is 1. The predicted molar refractivity (Wildman–Crippen MR) is 47.7 cm³/mol. The number of nitrogens with one attached hydrogen (secondary N) is 1. The summed E-state index contributed by atoms with van der Waals surface area (Å²) in [7, 11) is 0. The minimum Gasteiger partial charge on any atom is -0.384 e. The van der Waals surface area contributed by atoms with Gasteiger partial charge in [0.15, 0.2) is 0 Å². The molecule has 0 saturated heterocycles. The SMILES string of the molecule is CC1CCC(O)(c2ccc[nH]2)C1. The van der Waals surface area contributed by atoms with Crippen LogP contribution in [0.2, 0.25) is 0 Å². The second-order valence-electron chi connectivity index (χ2n) is 3.96. The van der Waals surface area contributed by atoms with Crippen LogP contribution in [0.1, 0.15) is 31.9 Å². The summed E-state index contributed by atoms with van der Waals surface area (Å²) in [5.41, 5.74) is 0.412. The molecule has 1 saturated carbocycles. The van der Waals surface area contributed by atoms with E-state index in [0.717, 1.165) is 25.0 Å². The van der Waals surface area contributed by atoms with Gasteiger partial charge in [-0.25, -0.2) is 0 Å². The van der Waals surface area contributed by atoms with E-state index in [4.69, 9.17) is 0 Å². The fourth-order valence-corrected chi connectivity index (χ4v) is 2.13. The van der Waals surface area contributed by atoms with Crippen molar-refractivity contribution in [3.05, 3.63) is 24.0 Å². The molecular weight excluding hydrogens is 150 g/mol. The maximum atomic E-state index is 10.2. The molecule has 2 N–H and O–H groups in total. The van der Waals surface area contributed by atoms with Crippen molar-refractivity contribution < 1.29 is 5.11 Å². The first-order chi connectivity index (χ1) is 5.71. The van der Waals surface area contributed by atoms with E-state index in [1.54, 1.807) is 0 Å². The summed E-state index contributed by atoms with van der Waals surface area (Å²) < 4.78 is 0. The van der Waals surface area contributed by atoms with Gasteiger partial charge in [0, 0.05) is 11.9 Å². The Balaban J connectivity index is 2.23. The molecule has 0 bridgehead atoms. The molecule has 1 aromatic rings. The summed E-state index contributed by atoms with van der Waals surface area (Å²) in [6, 6.07) is 3.91. The molecule has 0 radical (unpaired) electrons. The fraction of sp³-hybridized carbons (Fsp3) is 0.600. The van der Waals surface area contributed by atoms with E-state index >= 15 is 0 Å². The van der Waals surface area contributed by atoms with E-state index < -0.39 is 5.60 Å². The van der Waals surface area contributed by atoms with Crippen molar-refractivity contribution in [2.24, 2.45) is 5.92 Å². The summed E-state index contributed by atoms with van der Waals surface area (Å²) in [5, 5.41) is 10.2. The standard InChI is InChI=1S/C10H15NO/c1-8-4-5-10(12,7-8)9-3-2-6-11-9/h2-3,6,8,11-12H,4-5,7H2,1H3. The Bertz CT molecular complexity index is 255. The zero-order valence-corrected chi connectivity index (χ0v) is 7.38. The molecule has 2 nitrogen and oxygen atoms in total. The van der Waals surface area contributed by atoms with Gasteiger partial charge in [-0.2, -0.15) is 0 Å². The van der Waals surface area contributed by atoms with Crippen LogP contribution < -0.4 is 0 Å². The number of H-pyrrole nitrogens is 1. The molecule has 0 amide bonds. The average Bonchev–Trinajstić information content (AvgIpc) is 2.59. The smallest absolute Gasteiger partial charge is 0.105 e. The van der Waals surface area contributed by atoms with Gasteiger partial charge in [0.05, 0.1) is 0 Å². The molecule has 1 fully saturated rings. The zero-order valence-electron chi connectivity index (χ0n) is 7.38. The highest BCUT2D eigenvalue weighted by Crippen LogP contribution is 2.40. The molecule has 1 aromatic heterocycles. The molecular formula is C10H15NO. The second-order valence-corrected chi connectivity index (χ2v) is 3.96. The highest BCUT2D eigenvalue weighted by atomic mass is 16.3. The van der Waals surface area contributed by atoms with Gasteiger partial charge in [0.2, 0.25) is 0 Å². The van der Waals surface area contributed by atoms with E-state index in [1.165, 1.54) is 0 Å². The predicted octanol–water partition coefficient (Wildman–Crippen LogP) is 2.02. The second kappa shape index (κ2) is 2.63. The molecule has 2 atom stereocenters. The van der Waals surface area contributed by atoms with Gasteiger partial charge in [-0.15, -0.1) is 0 Å². The zero-order chi connectivity index (χ0) is 8.60. The summed E-state index contributed by atoms with van der Waals surface area (Å²) in [4.78, 5) is 3.09. The quantitative estimate of drug-likeness (QED) is 0.656. The lowest BCUT2D eigenvalue weighted by Gasteiger charge is -2.20. The molecule has 0 aliphatic heterocycles. The third-order valence-corrected chi connectivity index (χ3v) is 2.84. The lowest BCUT2D eigenvalue weighted by Crippen LogP contribution is -2.21. The van der Waals surface area contributed by atoms with Crippen LogP contribution in [-0.2, 0) is 5.60 Å². The van der Waals surface area contributed by atoms with Crippen LogP contribution in [-0.4, -0.2) is 10.1 Å². The van der Waals surface area contributed by atoms with Gasteiger partial charge < -0.3 is 10.1 Å². The van der Waals surface area contributed by atoms with Gasteiger partial charge >= 0.3 is 0 Å². The number of hydrogen-bond donors (Lipinski definition) is 2. The molecule has 1 aliphatic carbocycles. The van der Waals surface area contributed by atoms with Crippen LogP contribution >= 0.6 is 0 Å². The summed E-state index contributed by atoms with van der Waals surface area (Å²) >= 11 is 0. The van der Waals surface area contributed by atoms with Gasteiger partial charge in [0.1, 0.15) is 5.60 Å². The Morgan fingerprint density at radius 1 is 1.67 bits per heavy atom. The van der Waals surface area contributed by atoms with Crippen LogP contribution in [0.4, 0.5) is 0 Å². The monoisotopic (exact) mass is 165 g/mol. The van der Waals surface area contributed by atoms with E-state index in [2.05, 4.69) is 11.9 Å². The summed E-state index contributed by atoms with van der Waals surface area (Å²) in [5.74, 6) is 0.651. The average molecular weight is 165 g/mol. The van der Waals surface area contributed by atoms with E-state index in [1.807, 2.05) is 18.3 Å². The largest absolute Gasteiger partial charge is 0.384 e. The van der Waals surface area contributed by atoms with Gasteiger partial charge in [-0.05, 0) is 37.3 Å². The van der Waals surface area contributed by atoms with Crippen molar-refractivity contribution in [1.82, 2.24) is 4.98 Å². The topological polar surface area (TPSA) is 36.0 Å². The van der Waals surface area contributed by atoms with Gasteiger partial charge in [-0.3, -0.25) is 0 Å². The normalized spacial score (nSPS) is 35.7. The van der Waals surface area contributed by atoms with Crippen LogP contribution in [0.15, 0.2) is 18.3 Å². The van der Waals surface area contributed by atoms with Crippen molar-refractivity contribution in [3.8, 4) is 0 Å². The molecule has 2 heteroatoms. The molecule has 2 unspecified atom stereocenters. The molecule has 0 spiro atoms. The maximum absolute atomic E-state index is 10.2. The molecule has 1 heterocycles.